The molecule has 15 heavy (non-hydrogen) atoms. The maximum Gasteiger partial charge on any atom is 0.399 e. The normalized spacial score (nSPS) is 10.0. The van der Waals surface area contributed by atoms with Gasteiger partial charge in [0.05, 0.1) is 13.3 Å². The third-order valence-corrected chi connectivity index (χ3v) is 1.85. The minimum atomic E-state index is 0.237. The van der Waals surface area contributed by atoms with Crippen LogP contribution in [-0.4, -0.2) is 12.1 Å². The van der Waals surface area contributed by atoms with Gasteiger partial charge in [-0.1, -0.05) is 6.07 Å². The molecule has 0 spiro atoms. The Morgan fingerprint density at radius 3 is 2.73 bits per heavy atom. The second-order valence-electron chi connectivity index (χ2n) is 3.02. The molecule has 0 aliphatic heterocycles. The van der Waals surface area contributed by atoms with Crippen LogP contribution in [0.15, 0.2) is 34.9 Å². The van der Waals surface area contributed by atoms with E-state index >= 15 is 0 Å². The number of nitrogens with zero attached hydrogens (tertiary/aromatic N) is 1. The standard InChI is InChI=1S/C11H11NO3/c1-8-7-12-11(14-8)15-10-5-3-4-9(6-10)13-2/h3-7H,1-2H3. The highest BCUT2D eigenvalue weighted by Crippen LogP contribution is 2.24. The number of hydrogen-bond donors (Lipinski definition) is 0. The Labute approximate surface area is 87.5 Å². The first-order chi connectivity index (χ1) is 7.28. The molecule has 4 heteroatoms. The molecule has 0 aliphatic carbocycles. The van der Waals surface area contributed by atoms with Crippen molar-refractivity contribution in [1.82, 2.24) is 4.98 Å². The molecular formula is C11H11NO3. The van der Waals surface area contributed by atoms with Gasteiger partial charge in [-0.05, 0) is 19.1 Å². The summed E-state index contributed by atoms with van der Waals surface area (Å²) in [6, 6.07) is 7.25. The van der Waals surface area contributed by atoms with Crippen LogP contribution in [0.25, 0.3) is 0 Å². The van der Waals surface area contributed by atoms with E-state index in [0.717, 1.165) is 5.75 Å². The second-order valence-corrected chi connectivity index (χ2v) is 3.02. The van der Waals surface area contributed by atoms with Gasteiger partial charge in [-0.15, -0.1) is 0 Å². The Kier molecular flexibility index (Phi) is 2.58. The highest BCUT2D eigenvalue weighted by atomic mass is 16.6. The third-order valence-electron chi connectivity index (χ3n) is 1.85. The van der Waals surface area contributed by atoms with Crippen molar-refractivity contribution < 1.29 is 13.9 Å². The van der Waals surface area contributed by atoms with Crippen molar-refractivity contribution in [2.24, 2.45) is 0 Å². The third kappa shape index (κ3) is 2.28. The minimum absolute atomic E-state index is 0.237. The lowest BCUT2D eigenvalue weighted by atomic mass is 10.3. The molecule has 0 atom stereocenters. The maximum absolute atomic E-state index is 5.38. The van der Waals surface area contributed by atoms with Gasteiger partial charge >= 0.3 is 6.08 Å². The predicted octanol–water partition coefficient (Wildman–Crippen LogP) is 2.78. The summed E-state index contributed by atoms with van der Waals surface area (Å²) in [5.74, 6) is 2.08. The summed E-state index contributed by atoms with van der Waals surface area (Å²) in [7, 11) is 1.61. The Morgan fingerprint density at radius 2 is 2.07 bits per heavy atom. The number of oxazole rings is 1. The summed E-state index contributed by atoms with van der Waals surface area (Å²) in [5.41, 5.74) is 0. The van der Waals surface area contributed by atoms with Crippen molar-refractivity contribution in [2.75, 3.05) is 7.11 Å². The lowest BCUT2D eigenvalue weighted by Gasteiger charge is -2.02. The van der Waals surface area contributed by atoms with E-state index in [1.165, 1.54) is 0 Å². The largest absolute Gasteiger partial charge is 0.497 e. The molecular weight excluding hydrogens is 194 g/mol. The molecule has 2 aromatic rings. The zero-order chi connectivity index (χ0) is 10.7. The number of rotatable bonds is 3. The van der Waals surface area contributed by atoms with Crippen molar-refractivity contribution >= 4 is 0 Å². The van der Waals surface area contributed by atoms with Crippen LogP contribution in [0.4, 0.5) is 0 Å². The maximum atomic E-state index is 5.38. The summed E-state index contributed by atoms with van der Waals surface area (Å²) in [4.78, 5) is 3.94. The fourth-order valence-corrected chi connectivity index (χ4v) is 1.15. The average Bonchev–Trinajstić information content (AvgIpc) is 2.64. The fraction of sp³-hybridized carbons (Fsp3) is 0.182. The van der Waals surface area contributed by atoms with E-state index in [0.29, 0.717) is 11.5 Å². The molecule has 0 unspecified atom stereocenters. The summed E-state index contributed by atoms with van der Waals surface area (Å²) in [5, 5.41) is 0. The van der Waals surface area contributed by atoms with Gasteiger partial charge in [0.15, 0.2) is 0 Å². The van der Waals surface area contributed by atoms with Gasteiger partial charge in [-0.3, -0.25) is 0 Å². The van der Waals surface area contributed by atoms with Crippen LogP contribution in [0.2, 0.25) is 0 Å². The zero-order valence-electron chi connectivity index (χ0n) is 8.56. The first kappa shape index (κ1) is 9.58. The molecule has 1 heterocycles. The topological polar surface area (TPSA) is 44.5 Å². The molecule has 0 fully saturated rings. The Hall–Kier alpha value is -1.97. The van der Waals surface area contributed by atoms with Crippen LogP contribution in [0.3, 0.4) is 0 Å². The molecule has 0 saturated heterocycles. The van der Waals surface area contributed by atoms with Crippen molar-refractivity contribution in [3.8, 4) is 17.6 Å². The highest BCUT2D eigenvalue weighted by molar-refractivity contribution is 5.34. The Morgan fingerprint density at radius 1 is 1.27 bits per heavy atom. The van der Waals surface area contributed by atoms with E-state index in [2.05, 4.69) is 4.98 Å². The van der Waals surface area contributed by atoms with Gasteiger partial charge in [0.1, 0.15) is 17.3 Å². The molecule has 1 aromatic carbocycles. The van der Waals surface area contributed by atoms with Crippen LogP contribution >= 0.6 is 0 Å². The quantitative estimate of drug-likeness (QED) is 0.772. The van der Waals surface area contributed by atoms with E-state index in [1.54, 1.807) is 19.4 Å². The van der Waals surface area contributed by atoms with Crippen LogP contribution in [0.5, 0.6) is 17.6 Å². The molecule has 0 N–H and O–H groups in total. The lowest BCUT2D eigenvalue weighted by molar-refractivity contribution is 0.321. The summed E-state index contributed by atoms with van der Waals surface area (Å²) in [6.45, 7) is 1.81. The van der Waals surface area contributed by atoms with Crippen molar-refractivity contribution in [3.63, 3.8) is 0 Å². The molecule has 0 saturated carbocycles. The van der Waals surface area contributed by atoms with Crippen molar-refractivity contribution in [2.45, 2.75) is 6.92 Å². The summed E-state index contributed by atoms with van der Waals surface area (Å²) in [6.07, 6.45) is 1.84. The smallest absolute Gasteiger partial charge is 0.399 e. The SMILES string of the molecule is COc1cccc(Oc2ncc(C)o2)c1. The molecule has 4 nitrogen and oxygen atoms in total. The van der Waals surface area contributed by atoms with Crippen molar-refractivity contribution in [1.29, 1.82) is 0 Å². The van der Waals surface area contributed by atoms with Crippen LogP contribution in [0.1, 0.15) is 5.76 Å². The molecule has 0 amide bonds. The Bertz CT molecular complexity index is 451. The number of hydrogen-bond acceptors (Lipinski definition) is 4. The first-order valence-electron chi connectivity index (χ1n) is 4.52. The van der Waals surface area contributed by atoms with E-state index in [1.807, 2.05) is 25.1 Å². The summed E-state index contributed by atoms with van der Waals surface area (Å²) >= 11 is 0. The number of ether oxygens (including phenoxy) is 2. The van der Waals surface area contributed by atoms with Crippen molar-refractivity contribution in [3.05, 3.63) is 36.2 Å². The van der Waals surface area contributed by atoms with Gasteiger partial charge in [0, 0.05) is 6.07 Å². The predicted molar refractivity (Wildman–Crippen MR) is 54.3 cm³/mol. The molecule has 2 rings (SSSR count). The Balaban J connectivity index is 2.16. The van der Waals surface area contributed by atoms with E-state index < -0.39 is 0 Å². The highest BCUT2D eigenvalue weighted by Gasteiger charge is 2.03. The van der Waals surface area contributed by atoms with E-state index in [4.69, 9.17) is 13.9 Å². The molecule has 0 bridgehead atoms. The van der Waals surface area contributed by atoms with Gasteiger partial charge in [0.2, 0.25) is 0 Å². The van der Waals surface area contributed by atoms with E-state index in [9.17, 15) is 0 Å². The van der Waals surface area contributed by atoms with Gasteiger partial charge in [-0.25, -0.2) is 0 Å². The van der Waals surface area contributed by atoms with Gasteiger partial charge in [-0.2, -0.15) is 4.98 Å². The fourth-order valence-electron chi connectivity index (χ4n) is 1.15. The zero-order valence-corrected chi connectivity index (χ0v) is 8.56. The molecule has 0 radical (unpaired) electrons. The monoisotopic (exact) mass is 205 g/mol. The second kappa shape index (κ2) is 4.04. The first-order valence-corrected chi connectivity index (χ1v) is 4.52. The van der Waals surface area contributed by atoms with Crippen LogP contribution in [0, 0.1) is 6.92 Å². The molecule has 78 valence electrons. The lowest BCUT2D eigenvalue weighted by Crippen LogP contribution is -1.86. The average molecular weight is 205 g/mol. The van der Waals surface area contributed by atoms with Gasteiger partial charge in [0.25, 0.3) is 0 Å². The molecule has 1 aromatic heterocycles. The number of benzene rings is 1. The number of methoxy groups -OCH3 is 1. The minimum Gasteiger partial charge on any atom is -0.497 e. The van der Waals surface area contributed by atoms with Gasteiger partial charge < -0.3 is 13.9 Å². The molecule has 0 aliphatic rings. The number of aromatic nitrogens is 1. The van der Waals surface area contributed by atoms with Crippen LogP contribution in [-0.2, 0) is 0 Å². The summed E-state index contributed by atoms with van der Waals surface area (Å²) < 4.78 is 15.6. The number of aryl methyl sites for hydroxylation is 1. The van der Waals surface area contributed by atoms with E-state index in [-0.39, 0.29) is 6.08 Å². The van der Waals surface area contributed by atoms with Crippen LogP contribution < -0.4 is 9.47 Å².